The third-order valence-corrected chi connectivity index (χ3v) is 4.24. The second-order valence-corrected chi connectivity index (χ2v) is 6.23. The van der Waals surface area contributed by atoms with E-state index in [1.165, 1.54) is 46.3 Å². The normalized spacial score (nSPS) is 26.3. The summed E-state index contributed by atoms with van der Waals surface area (Å²) in [6.45, 7) is -0.360. The summed E-state index contributed by atoms with van der Waals surface area (Å²) >= 11 is 0. The van der Waals surface area contributed by atoms with Crippen LogP contribution in [0.1, 0.15) is 32.1 Å². The second kappa shape index (κ2) is 7.69. The van der Waals surface area contributed by atoms with Crippen LogP contribution in [-0.4, -0.2) is 39.3 Å². The van der Waals surface area contributed by atoms with E-state index in [4.69, 9.17) is 9.47 Å². The number of methoxy groups -OCH3 is 2. The van der Waals surface area contributed by atoms with Gasteiger partial charge in [-0.25, -0.2) is 0 Å². The smallest absolute Gasteiger partial charge is 0.268 e. The van der Waals surface area contributed by atoms with Crippen molar-refractivity contribution in [1.82, 2.24) is 0 Å². The Hall–Kier alpha value is -0.0100. The molecule has 1 aliphatic heterocycles. The van der Waals surface area contributed by atoms with E-state index >= 15 is 0 Å². The highest BCUT2D eigenvalue weighted by Crippen LogP contribution is 2.44. The molecule has 2 aliphatic rings. The molecular weight excluding hydrogens is 273 g/mol. The molecule has 1 saturated heterocycles. The maximum atomic E-state index is 10.6. The summed E-state index contributed by atoms with van der Waals surface area (Å²) in [5.41, 5.74) is 4.00. The van der Waals surface area contributed by atoms with E-state index < -0.39 is 13.6 Å². The maximum Gasteiger partial charge on any atom is 0.268 e. The molecule has 0 unspecified atom stereocenters. The van der Waals surface area contributed by atoms with E-state index in [2.05, 4.69) is 14.8 Å². The lowest BCUT2D eigenvalue weighted by Crippen LogP contribution is -2.61. The predicted molar refractivity (Wildman–Crippen MR) is 66.0 cm³/mol. The van der Waals surface area contributed by atoms with Gasteiger partial charge >= 0.3 is 0 Å². The van der Waals surface area contributed by atoms with Gasteiger partial charge in [0.05, 0.1) is 6.04 Å². The third-order valence-electron chi connectivity index (χ3n) is 3.35. The molecular formula is C11H24NO6P. The monoisotopic (exact) mass is 297 g/mol. The molecule has 8 heteroatoms. The van der Waals surface area contributed by atoms with E-state index in [1.54, 1.807) is 0 Å². The zero-order valence-corrected chi connectivity index (χ0v) is 12.5. The van der Waals surface area contributed by atoms with Crippen LogP contribution in [0.25, 0.3) is 0 Å². The van der Waals surface area contributed by atoms with Gasteiger partial charge in [-0.3, -0.25) is 4.57 Å². The minimum atomic E-state index is -4.10. The lowest BCUT2D eigenvalue weighted by atomic mass is 9.97. The fourth-order valence-electron chi connectivity index (χ4n) is 1.94. The molecule has 0 amide bonds. The van der Waals surface area contributed by atoms with Gasteiger partial charge in [-0.15, -0.1) is 0 Å². The van der Waals surface area contributed by atoms with E-state index in [0.717, 1.165) is 6.04 Å². The summed E-state index contributed by atoms with van der Waals surface area (Å²) in [6, 6.07) is 0.786. The van der Waals surface area contributed by atoms with E-state index in [-0.39, 0.29) is 13.2 Å². The first-order valence-corrected chi connectivity index (χ1v) is 7.92. The van der Waals surface area contributed by atoms with Crippen LogP contribution in [0, 0.1) is 0 Å². The van der Waals surface area contributed by atoms with E-state index in [9.17, 15) is 9.46 Å². The molecule has 0 atom stereocenters. The van der Waals surface area contributed by atoms with Crippen molar-refractivity contribution in [2.24, 2.45) is 0 Å². The largest absolute Gasteiger partial charge is 0.756 e. The van der Waals surface area contributed by atoms with Crippen molar-refractivity contribution in [2.45, 2.75) is 43.9 Å². The first kappa shape index (κ1) is 17.0. The van der Waals surface area contributed by atoms with Crippen LogP contribution in [0.2, 0.25) is 0 Å². The van der Waals surface area contributed by atoms with Crippen molar-refractivity contribution in [3.05, 3.63) is 0 Å². The summed E-state index contributed by atoms with van der Waals surface area (Å²) in [5.74, 6) is -1.10. The molecule has 114 valence electrons. The zero-order valence-electron chi connectivity index (χ0n) is 11.6. The molecule has 0 bridgehead atoms. The Balaban J connectivity index is 0.000000218. The molecule has 0 aromatic heterocycles. The zero-order chi connectivity index (χ0) is 14.4. The maximum absolute atomic E-state index is 10.6. The van der Waals surface area contributed by atoms with Crippen LogP contribution >= 0.6 is 7.82 Å². The first-order valence-electron chi connectivity index (χ1n) is 6.46. The van der Waals surface area contributed by atoms with E-state index in [1.807, 2.05) is 0 Å². The Labute approximate surface area is 114 Å². The summed E-state index contributed by atoms with van der Waals surface area (Å²) in [4.78, 5) is 10.6. The first-order chi connectivity index (χ1) is 8.93. The van der Waals surface area contributed by atoms with Crippen molar-refractivity contribution in [1.29, 1.82) is 0 Å². The third kappa shape index (κ3) is 5.87. The summed E-state index contributed by atoms with van der Waals surface area (Å²) in [6.07, 6.45) is 7.05. The molecule has 7 nitrogen and oxygen atoms in total. The molecule has 2 fully saturated rings. The van der Waals surface area contributed by atoms with Gasteiger partial charge in [0, 0.05) is 14.2 Å². The Bertz CT molecular complexity index is 290. The molecule has 0 radical (unpaired) electrons. The fraction of sp³-hybridized carbons (Fsp3) is 1.00. The second-order valence-electron chi connectivity index (χ2n) is 4.82. The lowest BCUT2D eigenvalue weighted by Gasteiger charge is -2.38. The van der Waals surface area contributed by atoms with Gasteiger partial charge in [-0.1, -0.05) is 6.42 Å². The minimum Gasteiger partial charge on any atom is -0.756 e. The van der Waals surface area contributed by atoms with Crippen molar-refractivity contribution in [3.63, 3.8) is 0 Å². The quantitative estimate of drug-likeness (QED) is 0.570. The van der Waals surface area contributed by atoms with Crippen LogP contribution < -0.4 is 10.6 Å². The van der Waals surface area contributed by atoms with Gasteiger partial charge in [0.15, 0.2) is 0 Å². The Morgan fingerprint density at radius 1 is 1.16 bits per heavy atom. The van der Waals surface area contributed by atoms with Crippen LogP contribution in [0.4, 0.5) is 0 Å². The predicted octanol–water partition coefficient (Wildman–Crippen LogP) is 0.0517. The number of hydrogen-bond acceptors (Lipinski definition) is 6. The fourth-order valence-corrected chi connectivity index (χ4v) is 2.72. The number of rotatable bonds is 2. The molecule has 1 heterocycles. The highest BCUT2D eigenvalue weighted by Gasteiger charge is 2.38. The minimum absolute atomic E-state index is 0.180. The van der Waals surface area contributed by atoms with Crippen molar-refractivity contribution < 1.29 is 33.7 Å². The van der Waals surface area contributed by atoms with Crippen LogP contribution in [-0.2, 0) is 23.1 Å². The summed E-state index contributed by atoms with van der Waals surface area (Å²) in [5, 5.41) is 0. The number of phosphoric ester groups is 1. The average molecular weight is 297 g/mol. The molecule has 1 aliphatic carbocycles. The topological polar surface area (TPSA) is 105 Å². The van der Waals surface area contributed by atoms with Crippen molar-refractivity contribution >= 4 is 7.82 Å². The van der Waals surface area contributed by atoms with Gasteiger partial charge in [0.2, 0.25) is 5.79 Å². The number of quaternary nitrogens is 1. The molecule has 19 heavy (non-hydrogen) atoms. The van der Waals surface area contributed by atoms with Gasteiger partial charge in [0.25, 0.3) is 7.82 Å². The molecule has 0 aromatic carbocycles. The van der Waals surface area contributed by atoms with Crippen LogP contribution in [0.15, 0.2) is 0 Å². The Morgan fingerprint density at radius 2 is 1.63 bits per heavy atom. The summed E-state index contributed by atoms with van der Waals surface area (Å²) in [7, 11) is -1.33. The van der Waals surface area contributed by atoms with Crippen LogP contribution in [0.3, 0.4) is 0 Å². The molecule has 0 spiro atoms. The van der Waals surface area contributed by atoms with Crippen LogP contribution in [0.5, 0.6) is 0 Å². The van der Waals surface area contributed by atoms with Gasteiger partial charge < -0.3 is 29.1 Å². The number of hydrogen-bond donors (Lipinski definition) is 1. The average Bonchev–Trinajstić information content (AvgIpc) is 2.41. The molecule has 1 saturated carbocycles. The molecule has 2 rings (SSSR count). The van der Waals surface area contributed by atoms with E-state index in [0.29, 0.717) is 0 Å². The highest BCUT2D eigenvalue weighted by atomic mass is 31.2. The molecule has 0 aromatic rings. The van der Waals surface area contributed by atoms with Gasteiger partial charge in [-0.2, -0.15) is 0 Å². The van der Waals surface area contributed by atoms with Crippen molar-refractivity contribution in [2.75, 3.05) is 27.4 Å². The molecule has 3 N–H and O–H groups in total. The Kier molecular flexibility index (Phi) is 6.90. The highest BCUT2D eigenvalue weighted by molar-refractivity contribution is 7.45. The standard InChI is InChI=1S/C6H13N.C5H11O6P/c7-6-4-2-1-3-5-6;1-8-5(9-2)3-10-12(6,7)11-4-5/h6H,1-5,7H2;3-4H2,1-2H3,(H,6,7). The number of ether oxygens (including phenoxy) is 2. The van der Waals surface area contributed by atoms with Crippen molar-refractivity contribution in [3.8, 4) is 0 Å². The Morgan fingerprint density at radius 3 is 1.95 bits per heavy atom. The van der Waals surface area contributed by atoms with Gasteiger partial charge in [0.1, 0.15) is 13.2 Å². The number of phosphoric acid groups is 1. The summed E-state index contributed by atoms with van der Waals surface area (Å²) < 4.78 is 29.2. The van der Waals surface area contributed by atoms with Gasteiger partial charge in [-0.05, 0) is 25.7 Å². The lowest BCUT2D eigenvalue weighted by molar-refractivity contribution is -0.425. The SMILES string of the molecule is COC1(OC)COP(=O)([O-])OC1.[NH3+]C1CCCCC1.